The molecular weight excluding hydrogens is 553 g/mol. The molecule has 0 aromatic carbocycles. The van der Waals surface area contributed by atoms with Crippen LogP contribution in [0, 0.1) is 44.8 Å². The molecule has 242 valence electrons. The first-order valence-electron chi connectivity index (χ1n) is 15.7. The van der Waals surface area contributed by atoms with Gasteiger partial charge in [-0.3, -0.25) is 14.4 Å². The molecule has 0 radical (unpaired) electrons. The maximum atomic E-state index is 13.1. The van der Waals surface area contributed by atoms with Gasteiger partial charge in [-0.2, -0.15) is 18.4 Å². The molecule has 2 rings (SSSR count). The number of carbonyl (C=O) groups is 3. The lowest BCUT2D eigenvalue weighted by molar-refractivity contribution is -0.155. The minimum atomic E-state index is -4.59. The number of nitrogens with zero attached hydrogens (tertiary/aromatic N) is 1. The van der Waals surface area contributed by atoms with Crippen LogP contribution in [0.3, 0.4) is 0 Å². The summed E-state index contributed by atoms with van der Waals surface area (Å²) in [5.74, 6) is -1.71. The van der Waals surface area contributed by atoms with E-state index >= 15 is 0 Å². The number of amides is 1. The molecule has 0 saturated heterocycles. The van der Waals surface area contributed by atoms with Gasteiger partial charge in [0.05, 0.1) is 5.57 Å². The quantitative estimate of drug-likeness (QED) is 0.225. The third kappa shape index (κ3) is 8.39. The minimum absolute atomic E-state index is 0.0173. The van der Waals surface area contributed by atoms with Crippen molar-refractivity contribution >= 4 is 17.5 Å². The summed E-state index contributed by atoms with van der Waals surface area (Å²) in [5.41, 5.74) is -1.49. The predicted molar refractivity (Wildman–Crippen MR) is 164 cm³/mol. The number of hydrogen-bond acceptors (Lipinski definition) is 4. The maximum absolute atomic E-state index is 13.1. The van der Waals surface area contributed by atoms with Crippen LogP contribution in [0.5, 0.6) is 0 Å². The molecular formula is C35H53F3N2O3. The number of rotatable bonds is 12. The Bertz CT molecular complexity index is 1190. The first-order chi connectivity index (χ1) is 19.5. The van der Waals surface area contributed by atoms with Crippen LogP contribution in [0.4, 0.5) is 13.2 Å². The molecule has 0 aliphatic heterocycles. The number of nitriles is 1. The predicted octanol–water partition coefficient (Wildman–Crippen LogP) is 8.83. The SMILES string of the molecule is CCCC(C)(C)CC[C@@](C)(CCC(C)(C)[C@]1(C)CC[C@H]2[C@H](C)C(=O)C(C#N)=C[C@]2(C)/C1=C/C(C)=O)NC(=O)CC(F)(F)F. The molecule has 1 N–H and O–H groups in total. The van der Waals surface area contributed by atoms with Crippen molar-refractivity contribution in [2.75, 3.05) is 0 Å². The Morgan fingerprint density at radius 1 is 1.07 bits per heavy atom. The monoisotopic (exact) mass is 606 g/mol. The number of Topliss-reactive ketones (excluding diaryl/α,β-unsaturated/α-hetero) is 1. The van der Waals surface area contributed by atoms with Crippen LogP contribution in [0.15, 0.2) is 23.3 Å². The van der Waals surface area contributed by atoms with E-state index in [1.165, 1.54) is 6.92 Å². The number of allylic oxidation sites excluding steroid dienone is 4. The summed E-state index contributed by atoms with van der Waals surface area (Å²) in [6.07, 6.45) is 3.10. The van der Waals surface area contributed by atoms with E-state index in [1.54, 1.807) is 12.2 Å². The number of ketones is 2. The highest BCUT2D eigenvalue weighted by Gasteiger charge is 2.58. The summed E-state index contributed by atoms with van der Waals surface area (Å²) in [6.45, 7) is 20.0. The lowest BCUT2D eigenvalue weighted by atomic mass is 9.44. The van der Waals surface area contributed by atoms with Crippen LogP contribution >= 0.6 is 0 Å². The van der Waals surface area contributed by atoms with Crippen LogP contribution in [0.1, 0.15) is 127 Å². The Morgan fingerprint density at radius 3 is 2.16 bits per heavy atom. The number of nitrogens with one attached hydrogen (secondary N) is 1. The second-order valence-electron chi connectivity index (χ2n) is 15.5. The van der Waals surface area contributed by atoms with Crippen LogP contribution in [-0.4, -0.2) is 29.2 Å². The van der Waals surface area contributed by atoms with Crippen LogP contribution in [0.25, 0.3) is 0 Å². The molecule has 1 saturated carbocycles. The lowest BCUT2D eigenvalue weighted by Gasteiger charge is -2.59. The fraction of sp³-hybridized carbons (Fsp3) is 0.771. The van der Waals surface area contributed by atoms with Gasteiger partial charge in [-0.05, 0) is 87.0 Å². The van der Waals surface area contributed by atoms with Crippen molar-refractivity contribution in [2.24, 2.45) is 33.5 Å². The van der Waals surface area contributed by atoms with Gasteiger partial charge in [-0.1, -0.05) is 73.5 Å². The van der Waals surface area contributed by atoms with E-state index < -0.39 is 40.3 Å². The van der Waals surface area contributed by atoms with Gasteiger partial charge in [-0.15, -0.1) is 0 Å². The molecule has 0 spiro atoms. The zero-order valence-corrected chi connectivity index (χ0v) is 28.0. The number of halogens is 3. The topological polar surface area (TPSA) is 87.0 Å². The molecule has 0 aromatic heterocycles. The highest BCUT2D eigenvalue weighted by molar-refractivity contribution is 6.02. The van der Waals surface area contributed by atoms with E-state index in [1.807, 2.05) is 20.8 Å². The fourth-order valence-corrected chi connectivity index (χ4v) is 7.83. The lowest BCUT2D eigenvalue weighted by Crippen LogP contribution is -2.53. The summed E-state index contributed by atoms with van der Waals surface area (Å²) in [7, 11) is 0. The molecule has 0 bridgehead atoms. The zero-order valence-electron chi connectivity index (χ0n) is 28.0. The second-order valence-corrected chi connectivity index (χ2v) is 15.5. The Kier molecular flexibility index (Phi) is 11.0. The zero-order chi connectivity index (χ0) is 33.2. The van der Waals surface area contributed by atoms with Gasteiger partial charge in [0.1, 0.15) is 12.5 Å². The molecule has 8 heteroatoms. The van der Waals surface area contributed by atoms with Crippen molar-refractivity contribution in [2.45, 2.75) is 139 Å². The van der Waals surface area contributed by atoms with Gasteiger partial charge in [-0.25, -0.2) is 0 Å². The van der Waals surface area contributed by atoms with Gasteiger partial charge in [0, 0.05) is 16.9 Å². The largest absolute Gasteiger partial charge is 0.397 e. The van der Waals surface area contributed by atoms with Crippen molar-refractivity contribution in [3.63, 3.8) is 0 Å². The molecule has 0 heterocycles. The van der Waals surface area contributed by atoms with Crippen molar-refractivity contribution < 1.29 is 27.6 Å². The number of hydrogen-bond donors (Lipinski definition) is 1. The standard InChI is InChI=1S/C35H53F3N2O3/c1-11-13-30(4,5)15-17-32(8,40-28(42)21-35(36,37)38)18-16-31(6,7)34(10)14-12-26-24(3)29(43)25(22-39)20-33(26,9)27(34)19-23(2)41/h19-20,24,26H,11-18,21H2,1-10H3,(H,40,42)/b27-19-/t24-,26-,32-,33-,34+/m0/s1. The smallest absolute Gasteiger partial charge is 0.351 e. The first-order valence-corrected chi connectivity index (χ1v) is 15.7. The van der Waals surface area contributed by atoms with E-state index in [9.17, 15) is 32.8 Å². The van der Waals surface area contributed by atoms with E-state index in [4.69, 9.17) is 0 Å². The minimum Gasteiger partial charge on any atom is -0.351 e. The Balaban J connectivity index is 2.50. The molecule has 43 heavy (non-hydrogen) atoms. The van der Waals surface area contributed by atoms with E-state index in [-0.39, 0.29) is 34.4 Å². The average molecular weight is 607 g/mol. The van der Waals surface area contributed by atoms with Crippen molar-refractivity contribution in [1.29, 1.82) is 5.26 Å². The first kappa shape index (κ1) is 36.8. The van der Waals surface area contributed by atoms with Crippen LogP contribution < -0.4 is 5.32 Å². The molecule has 2 aliphatic carbocycles. The summed E-state index contributed by atoms with van der Waals surface area (Å²) < 4.78 is 39.3. The molecule has 0 aromatic rings. The van der Waals surface area contributed by atoms with Gasteiger partial charge in [0.2, 0.25) is 5.91 Å². The maximum Gasteiger partial charge on any atom is 0.397 e. The third-order valence-corrected chi connectivity index (χ3v) is 11.0. The van der Waals surface area contributed by atoms with Gasteiger partial charge < -0.3 is 5.32 Å². The average Bonchev–Trinajstić information content (AvgIpc) is 2.85. The van der Waals surface area contributed by atoms with Crippen LogP contribution in [0.2, 0.25) is 0 Å². The molecule has 1 fully saturated rings. The summed E-state index contributed by atoms with van der Waals surface area (Å²) in [4.78, 5) is 38.1. The van der Waals surface area contributed by atoms with Crippen molar-refractivity contribution in [3.05, 3.63) is 23.3 Å². The Labute approximate surface area is 257 Å². The number of carbonyl (C=O) groups excluding carboxylic acids is 3. The molecule has 2 aliphatic rings. The van der Waals surface area contributed by atoms with E-state index in [0.717, 1.165) is 31.3 Å². The summed E-state index contributed by atoms with van der Waals surface area (Å²) in [5, 5.41) is 12.5. The molecule has 5 nitrogen and oxygen atoms in total. The van der Waals surface area contributed by atoms with Gasteiger partial charge in [0.15, 0.2) is 11.6 Å². The molecule has 1 amide bonds. The summed E-state index contributed by atoms with van der Waals surface area (Å²) in [6, 6.07) is 2.08. The highest BCUT2D eigenvalue weighted by atomic mass is 19.4. The van der Waals surface area contributed by atoms with Gasteiger partial charge in [0.25, 0.3) is 0 Å². The van der Waals surface area contributed by atoms with Gasteiger partial charge >= 0.3 is 6.18 Å². The van der Waals surface area contributed by atoms with Crippen LogP contribution in [-0.2, 0) is 14.4 Å². The molecule has 5 atom stereocenters. The highest BCUT2D eigenvalue weighted by Crippen LogP contribution is 2.65. The Hall–Kier alpha value is -2.43. The number of alkyl halides is 3. The molecule has 0 unspecified atom stereocenters. The Morgan fingerprint density at radius 2 is 1.65 bits per heavy atom. The third-order valence-electron chi connectivity index (χ3n) is 11.0. The van der Waals surface area contributed by atoms with E-state index in [0.29, 0.717) is 25.7 Å². The number of fused-ring (bicyclic) bond motifs is 1. The second kappa shape index (κ2) is 12.9. The van der Waals surface area contributed by atoms with Crippen molar-refractivity contribution in [1.82, 2.24) is 5.32 Å². The van der Waals surface area contributed by atoms with E-state index in [2.05, 4.69) is 52.9 Å². The fourth-order valence-electron chi connectivity index (χ4n) is 7.83. The summed E-state index contributed by atoms with van der Waals surface area (Å²) >= 11 is 0. The van der Waals surface area contributed by atoms with Crippen molar-refractivity contribution in [3.8, 4) is 6.07 Å². The normalized spacial score (nSPS) is 28.9.